The Hall–Kier alpha value is -0.883. The molecule has 0 spiro atoms. The molecule has 1 saturated heterocycles. The molecule has 1 aliphatic rings. The number of β-lactam (4-membered cyclic amide) rings is 1. The van der Waals surface area contributed by atoms with Crippen molar-refractivity contribution < 1.29 is 19.8 Å². The topological polar surface area (TPSA) is 77.8 Å². The average molecular weight is 273 g/mol. The zero-order valence-corrected chi connectivity index (χ0v) is 12.9. The lowest BCUT2D eigenvalue weighted by Gasteiger charge is -2.57. The third kappa shape index (κ3) is 2.07. The summed E-state index contributed by atoms with van der Waals surface area (Å²) in [4.78, 5) is 23.5. The van der Waals surface area contributed by atoms with Crippen LogP contribution in [0.5, 0.6) is 0 Å². The number of amides is 1. The third-order valence-electron chi connectivity index (χ3n) is 4.35. The van der Waals surface area contributed by atoms with Gasteiger partial charge < -0.3 is 14.8 Å². The van der Waals surface area contributed by atoms with Crippen LogP contribution in [0.4, 0.5) is 0 Å². The summed E-state index contributed by atoms with van der Waals surface area (Å²) in [7, 11) is -2.21. The lowest BCUT2D eigenvalue weighted by molar-refractivity contribution is -0.169. The van der Waals surface area contributed by atoms with Crippen LogP contribution in [0.25, 0.3) is 0 Å². The van der Waals surface area contributed by atoms with Crippen LogP contribution in [0.2, 0.25) is 18.1 Å². The van der Waals surface area contributed by atoms with E-state index in [9.17, 15) is 19.8 Å². The smallest absolute Gasteiger partial charge is 0.326 e. The first kappa shape index (κ1) is 15.2. The van der Waals surface area contributed by atoms with Crippen molar-refractivity contribution in [2.45, 2.75) is 58.0 Å². The number of carbonyl (C=O) groups excluding carboxylic acids is 1. The van der Waals surface area contributed by atoms with Crippen molar-refractivity contribution in [1.29, 1.82) is 0 Å². The number of carboxylic acids is 1. The molecule has 0 aromatic rings. The molecule has 1 rings (SSSR count). The van der Waals surface area contributed by atoms with Gasteiger partial charge in [0.15, 0.2) is 8.24 Å². The van der Waals surface area contributed by atoms with Crippen molar-refractivity contribution >= 4 is 20.1 Å². The van der Waals surface area contributed by atoms with Gasteiger partial charge in [-0.2, -0.15) is 0 Å². The summed E-state index contributed by atoms with van der Waals surface area (Å²) in [6, 6.07) is -0.876. The highest BCUT2D eigenvalue weighted by Gasteiger charge is 2.61. The van der Waals surface area contributed by atoms with Gasteiger partial charge in [-0.1, -0.05) is 33.9 Å². The standard InChI is InChI=1S/C12H23NO4Si/c1-7(14)8-9(11(16)17)13(10(8)15)18(5,6)12(2,3)4/h7-9,14H,1-6H3,(H,16,17)/t7?,8-,9+/m1/s1. The summed E-state index contributed by atoms with van der Waals surface area (Å²) in [5.74, 6) is -2.04. The molecule has 1 unspecified atom stereocenters. The monoisotopic (exact) mass is 273 g/mol. The summed E-state index contributed by atoms with van der Waals surface area (Å²) in [5.41, 5.74) is 0. The Balaban J connectivity index is 3.12. The van der Waals surface area contributed by atoms with Crippen LogP contribution in [0.1, 0.15) is 27.7 Å². The second-order valence-corrected chi connectivity index (χ2v) is 11.7. The number of aliphatic carboxylic acids is 1. The van der Waals surface area contributed by atoms with Gasteiger partial charge in [0.05, 0.1) is 12.0 Å². The van der Waals surface area contributed by atoms with E-state index < -0.39 is 32.3 Å². The van der Waals surface area contributed by atoms with E-state index in [1.54, 1.807) is 0 Å². The molecule has 0 aromatic heterocycles. The lowest BCUT2D eigenvalue weighted by Crippen LogP contribution is -2.76. The fourth-order valence-electron chi connectivity index (χ4n) is 2.23. The molecule has 0 aromatic carbocycles. The Labute approximate surface area is 109 Å². The van der Waals surface area contributed by atoms with E-state index in [2.05, 4.69) is 0 Å². The predicted octanol–water partition coefficient (Wildman–Crippen LogP) is 1.28. The molecule has 6 heteroatoms. The van der Waals surface area contributed by atoms with Gasteiger partial charge in [0.25, 0.3) is 0 Å². The molecule has 0 radical (unpaired) electrons. The van der Waals surface area contributed by atoms with Gasteiger partial charge in [-0.05, 0) is 12.0 Å². The molecule has 0 aliphatic carbocycles. The van der Waals surface area contributed by atoms with Crippen molar-refractivity contribution in [2.24, 2.45) is 5.92 Å². The van der Waals surface area contributed by atoms with Crippen molar-refractivity contribution in [3.05, 3.63) is 0 Å². The Bertz CT molecular complexity index is 373. The number of aliphatic hydroxyl groups excluding tert-OH is 1. The summed E-state index contributed by atoms with van der Waals surface area (Å²) in [6.45, 7) is 11.6. The van der Waals surface area contributed by atoms with Gasteiger partial charge in [0, 0.05) is 0 Å². The van der Waals surface area contributed by atoms with Gasteiger partial charge in [-0.15, -0.1) is 0 Å². The fraction of sp³-hybridized carbons (Fsp3) is 0.833. The quantitative estimate of drug-likeness (QED) is 0.600. The summed E-state index contributed by atoms with van der Waals surface area (Å²) in [6.07, 6.45) is -0.917. The maximum Gasteiger partial charge on any atom is 0.326 e. The summed E-state index contributed by atoms with van der Waals surface area (Å²) in [5, 5.41) is 18.7. The first-order chi connectivity index (χ1) is 7.93. The maximum absolute atomic E-state index is 12.1. The van der Waals surface area contributed by atoms with Gasteiger partial charge >= 0.3 is 5.97 Å². The van der Waals surface area contributed by atoms with Crippen molar-refractivity contribution in [3.8, 4) is 0 Å². The molecule has 0 bridgehead atoms. The molecule has 0 saturated carbocycles. The zero-order chi connectivity index (χ0) is 14.5. The third-order valence-corrected chi connectivity index (χ3v) is 9.73. The molecule has 18 heavy (non-hydrogen) atoms. The largest absolute Gasteiger partial charge is 0.480 e. The highest BCUT2D eigenvalue weighted by atomic mass is 28.3. The Morgan fingerprint density at radius 1 is 1.39 bits per heavy atom. The fourth-order valence-corrected chi connectivity index (χ4v) is 4.62. The van der Waals surface area contributed by atoms with E-state index in [1.165, 1.54) is 11.5 Å². The first-order valence-electron chi connectivity index (χ1n) is 6.17. The molecule has 1 heterocycles. The van der Waals surface area contributed by atoms with Crippen molar-refractivity contribution in [3.63, 3.8) is 0 Å². The lowest BCUT2D eigenvalue weighted by atomic mass is 9.86. The minimum atomic E-state index is -2.21. The normalized spacial score (nSPS) is 26.8. The molecular weight excluding hydrogens is 250 g/mol. The number of rotatable bonds is 3. The highest BCUT2D eigenvalue weighted by Crippen LogP contribution is 2.45. The Morgan fingerprint density at radius 3 is 2.11 bits per heavy atom. The van der Waals surface area contributed by atoms with Gasteiger partial charge in [-0.25, -0.2) is 4.79 Å². The van der Waals surface area contributed by atoms with Gasteiger partial charge in [0.1, 0.15) is 6.04 Å². The van der Waals surface area contributed by atoms with E-state index in [4.69, 9.17) is 0 Å². The molecule has 2 N–H and O–H groups in total. The summed E-state index contributed by atoms with van der Waals surface area (Å²) >= 11 is 0. The number of aliphatic hydroxyl groups is 1. The van der Waals surface area contributed by atoms with Crippen LogP contribution in [0.15, 0.2) is 0 Å². The van der Waals surface area contributed by atoms with E-state index in [-0.39, 0.29) is 10.9 Å². The summed E-state index contributed by atoms with van der Waals surface area (Å²) < 4.78 is 1.53. The number of nitrogens with zero attached hydrogens (tertiary/aromatic N) is 1. The van der Waals surface area contributed by atoms with Crippen LogP contribution < -0.4 is 0 Å². The molecule has 1 fully saturated rings. The molecule has 3 atom stereocenters. The molecule has 1 aliphatic heterocycles. The molecular formula is C12H23NO4Si. The maximum atomic E-state index is 12.1. The predicted molar refractivity (Wildman–Crippen MR) is 70.6 cm³/mol. The van der Waals surface area contributed by atoms with Crippen LogP contribution in [-0.4, -0.2) is 47.0 Å². The zero-order valence-electron chi connectivity index (χ0n) is 11.9. The Morgan fingerprint density at radius 2 is 1.83 bits per heavy atom. The minimum Gasteiger partial charge on any atom is -0.480 e. The van der Waals surface area contributed by atoms with Crippen LogP contribution in [-0.2, 0) is 9.59 Å². The second-order valence-electron chi connectivity index (χ2n) is 6.57. The highest BCUT2D eigenvalue weighted by molar-refractivity contribution is 6.80. The number of hydrogen-bond donors (Lipinski definition) is 2. The molecule has 5 nitrogen and oxygen atoms in total. The number of carbonyl (C=O) groups is 2. The van der Waals surface area contributed by atoms with Gasteiger partial charge in [0.2, 0.25) is 5.91 Å². The number of hydrogen-bond acceptors (Lipinski definition) is 3. The van der Waals surface area contributed by atoms with Crippen LogP contribution >= 0.6 is 0 Å². The minimum absolute atomic E-state index is 0.111. The van der Waals surface area contributed by atoms with Crippen LogP contribution in [0, 0.1) is 5.92 Å². The second kappa shape index (κ2) is 4.34. The number of carboxylic acid groups (broad SMARTS) is 1. The molecule has 1 amide bonds. The van der Waals surface area contributed by atoms with Crippen molar-refractivity contribution in [2.75, 3.05) is 0 Å². The Kier molecular flexibility index (Phi) is 3.66. The van der Waals surface area contributed by atoms with E-state index >= 15 is 0 Å². The SMILES string of the molecule is CC(O)[C@H]1C(=O)N([Si](C)(C)C(C)(C)C)[C@@H]1C(=O)O. The molecule has 104 valence electrons. The van der Waals surface area contributed by atoms with E-state index in [0.29, 0.717) is 0 Å². The first-order valence-corrected chi connectivity index (χ1v) is 9.11. The van der Waals surface area contributed by atoms with Gasteiger partial charge in [-0.3, -0.25) is 4.79 Å². The van der Waals surface area contributed by atoms with Crippen molar-refractivity contribution in [1.82, 2.24) is 4.57 Å². The van der Waals surface area contributed by atoms with Crippen LogP contribution in [0.3, 0.4) is 0 Å². The van der Waals surface area contributed by atoms with E-state index in [0.717, 1.165) is 0 Å². The van der Waals surface area contributed by atoms with E-state index in [1.807, 2.05) is 33.9 Å². The average Bonchev–Trinajstić information content (AvgIpc) is 2.09.